The van der Waals surface area contributed by atoms with Gasteiger partial charge >= 0.3 is 0 Å². The Morgan fingerprint density at radius 3 is 2.67 bits per heavy atom. The highest BCUT2D eigenvalue weighted by Gasteiger charge is 2.33. The lowest BCUT2D eigenvalue weighted by molar-refractivity contribution is 0.195. The van der Waals surface area contributed by atoms with E-state index < -0.39 is 0 Å². The van der Waals surface area contributed by atoms with E-state index in [2.05, 4.69) is 11.0 Å². The highest BCUT2D eigenvalue weighted by molar-refractivity contribution is 6.22. The summed E-state index contributed by atoms with van der Waals surface area (Å²) in [6, 6.07) is 2.85. The Bertz CT molecular complexity index is 242. The normalized spacial score (nSPS) is 30.5. The third-order valence-corrected chi connectivity index (χ3v) is 4.13. The summed E-state index contributed by atoms with van der Waals surface area (Å²) in [5.74, 6) is 0.884. The van der Waals surface area contributed by atoms with Gasteiger partial charge in [-0.2, -0.15) is 5.26 Å². The molecule has 0 aromatic heterocycles. The molecule has 0 spiro atoms. The monoisotopic (exact) mass is 226 g/mol. The first-order valence-corrected chi connectivity index (χ1v) is 6.52. The molecule has 2 rings (SSSR count). The Morgan fingerprint density at radius 1 is 1.27 bits per heavy atom. The van der Waals surface area contributed by atoms with Crippen molar-refractivity contribution in [2.45, 2.75) is 49.9 Å². The van der Waals surface area contributed by atoms with Crippen LogP contribution in [0.3, 0.4) is 0 Å². The summed E-state index contributed by atoms with van der Waals surface area (Å²) in [6.07, 6.45) is 8.19. The number of hydrogen-bond acceptors (Lipinski definition) is 2. The molecule has 0 bridgehead atoms. The van der Waals surface area contributed by atoms with Gasteiger partial charge in [0.2, 0.25) is 0 Å². The van der Waals surface area contributed by atoms with Crippen LogP contribution in [0.15, 0.2) is 0 Å². The average Bonchev–Trinajstić information content (AvgIpc) is 2.86. The summed E-state index contributed by atoms with van der Waals surface area (Å²) in [5, 5.41) is 8.41. The summed E-state index contributed by atoms with van der Waals surface area (Å²) >= 11 is 5.91. The molecule has 0 aromatic rings. The second-order valence-electron chi connectivity index (χ2n) is 4.85. The van der Waals surface area contributed by atoms with Crippen LogP contribution >= 0.6 is 11.6 Å². The lowest BCUT2D eigenvalue weighted by Crippen LogP contribution is -2.38. The molecule has 0 radical (unpaired) electrons. The number of rotatable bonds is 3. The lowest BCUT2D eigenvalue weighted by atomic mass is 9.96. The smallest absolute Gasteiger partial charge is 0.133 e. The van der Waals surface area contributed by atoms with Gasteiger partial charge in [0.05, 0.1) is 6.07 Å². The van der Waals surface area contributed by atoms with Crippen molar-refractivity contribution >= 4 is 11.6 Å². The Morgan fingerprint density at radius 2 is 2.00 bits per heavy atom. The van der Waals surface area contributed by atoms with E-state index in [1.807, 2.05) is 0 Å². The Balaban J connectivity index is 1.90. The summed E-state index contributed by atoms with van der Waals surface area (Å²) in [7, 11) is 0. The molecule has 0 amide bonds. The quantitative estimate of drug-likeness (QED) is 0.692. The van der Waals surface area contributed by atoms with Gasteiger partial charge in [-0.25, -0.2) is 0 Å². The fourth-order valence-electron chi connectivity index (χ4n) is 3.20. The SMILES string of the molecule is N#CC(Cl)CN1CCCC1C1CCCC1. The van der Waals surface area contributed by atoms with Gasteiger partial charge in [-0.1, -0.05) is 12.8 Å². The predicted molar refractivity (Wildman–Crippen MR) is 61.8 cm³/mol. The minimum atomic E-state index is -0.327. The van der Waals surface area contributed by atoms with Crippen molar-refractivity contribution in [1.29, 1.82) is 5.26 Å². The zero-order valence-corrected chi connectivity index (χ0v) is 9.92. The van der Waals surface area contributed by atoms with E-state index >= 15 is 0 Å². The second kappa shape index (κ2) is 5.18. The van der Waals surface area contributed by atoms with E-state index in [9.17, 15) is 0 Å². The number of alkyl halides is 1. The number of nitriles is 1. The van der Waals surface area contributed by atoms with Crippen molar-refractivity contribution < 1.29 is 0 Å². The van der Waals surface area contributed by atoms with Crippen molar-refractivity contribution in [1.82, 2.24) is 4.90 Å². The molecule has 84 valence electrons. The van der Waals surface area contributed by atoms with E-state index in [-0.39, 0.29) is 5.38 Å². The van der Waals surface area contributed by atoms with E-state index in [0.717, 1.165) is 25.0 Å². The number of nitrogens with zero attached hydrogens (tertiary/aromatic N) is 2. The number of hydrogen-bond donors (Lipinski definition) is 0. The fraction of sp³-hybridized carbons (Fsp3) is 0.917. The van der Waals surface area contributed by atoms with Gasteiger partial charge in [0.25, 0.3) is 0 Å². The predicted octanol–water partition coefficient (Wildman–Crippen LogP) is 2.77. The first kappa shape index (κ1) is 11.2. The van der Waals surface area contributed by atoms with Gasteiger partial charge in [0.1, 0.15) is 5.38 Å². The van der Waals surface area contributed by atoms with Crippen molar-refractivity contribution in [2.75, 3.05) is 13.1 Å². The molecule has 1 aliphatic carbocycles. The molecule has 2 aliphatic rings. The minimum absolute atomic E-state index is 0.327. The zero-order valence-electron chi connectivity index (χ0n) is 9.16. The van der Waals surface area contributed by atoms with Crippen LogP contribution in [0.5, 0.6) is 0 Å². The topological polar surface area (TPSA) is 27.0 Å². The largest absolute Gasteiger partial charge is 0.298 e. The molecule has 2 atom stereocenters. The Hall–Kier alpha value is -0.260. The second-order valence-corrected chi connectivity index (χ2v) is 5.37. The fourth-order valence-corrected chi connectivity index (χ4v) is 3.38. The lowest BCUT2D eigenvalue weighted by Gasteiger charge is -2.29. The molecule has 2 fully saturated rings. The standard InChI is InChI=1S/C12H19ClN2/c13-11(8-14)9-15-7-3-6-12(15)10-4-1-2-5-10/h10-12H,1-7,9H2. The van der Waals surface area contributed by atoms with E-state index in [1.165, 1.54) is 38.5 Å². The first-order chi connectivity index (χ1) is 7.31. The summed E-state index contributed by atoms with van der Waals surface area (Å²) < 4.78 is 0. The van der Waals surface area contributed by atoms with Gasteiger partial charge in [-0.3, -0.25) is 4.90 Å². The van der Waals surface area contributed by atoms with Gasteiger partial charge in [0, 0.05) is 12.6 Å². The van der Waals surface area contributed by atoms with Crippen LogP contribution in [0, 0.1) is 17.2 Å². The van der Waals surface area contributed by atoms with Crippen LogP contribution in [0.1, 0.15) is 38.5 Å². The molecule has 1 saturated carbocycles. The van der Waals surface area contributed by atoms with Gasteiger partial charge < -0.3 is 0 Å². The van der Waals surface area contributed by atoms with Gasteiger partial charge in [0.15, 0.2) is 0 Å². The third kappa shape index (κ3) is 2.65. The third-order valence-electron chi connectivity index (χ3n) is 3.89. The molecular weight excluding hydrogens is 208 g/mol. The molecule has 2 nitrogen and oxygen atoms in total. The summed E-state index contributed by atoms with van der Waals surface area (Å²) in [6.45, 7) is 1.91. The molecule has 2 unspecified atom stereocenters. The summed E-state index contributed by atoms with van der Waals surface area (Å²) in [4.78, 5) is 2.46. The Labute approximate surface area is 97.2 Å². The van der Waals surface area contributed by atoms with Crippen LogP contribution in [-0.4, -0.2) is 29.4 Å². The molecule has 1 saturated heterocycles. The molecule has 15 heavy (non-hydrogen) atoms. The minimum Gasteiger partial charge on any atom is -0.298 e. The molecule has 0 N–H and O–H groups in total. The summed E-state index contributed by atoms with van der Waals surface area (Å²) in [5.41, 5.74) is 0. The van der Waals surface area contributed by atoms with E-state index in [0.29, 0.717) is 0 Å². The van der Waals surface area contributed by atoms with Crippen molar-refractivity contribution in [2.24, 2.45) is 5.92 Å². The molecular formula is C12H19ClN2. The maximum absolute atomic E-state index is 8.74. The maximum atomic E-state index is 8.74. The average molecular weight is 227 g/mol. The van der Waals surface area contributed by atoms with Crippen molar-refractivity contribution in [3.63, 3.8) is 0 Å². The van der Waals surface area contributed by atoms with E-state index in [1.54, 1.807) is 0 Å². The van der Waals surface area contributed by atoms with Crippen LogP contribution in [0.4, 0.5) is 0 Å². The van der Waals surface area contributed by atoms with Crippen LogP contribution in [-0.2, 0) is 0 Å². The number of likely N-dealkylation sites (tertiary alicyclic amines) is 1. The van der Waals surface area contributed by atoms with Crippen LogP contribution < -0.4 is 0 Å². The highest BCUT2D eigenvalue weighted by Crippen LogP contribution is 2.35. The number of halogens is 1. The molecule has 1 aliphatic heterocycles. The molecule has 1 heterocycles. The molecule has 0 aromatic carbocycles. The Kier molecular flexibility index (Phi) is 3.88. The van der Waals surface area contributed by atoms with E-state index in [4.69, 9.17) is 16.9 Å². The van der Waals surface area contributed by atoms with Crippen molar-refractivity contribution in [3.8, 4) is 6.07 Å². The zero-order chi connectivity index (χ0) is 10.7. The first-order valence-electron chi connectivity index (χ1n) is 6.09. The van der Waals surface area contributed by atoms with Gasteiger partial charge in [-0.15, -0.1) is 11.6 Å². The molecule has 3 heteroatoms. The van der Waals surface area contributed by atoms with Crippen molar-refractivity contribution in [3.05, 3.63) is 0 Å². The maximum Gasteiger partial charge on any atom is 0.133 e. The van der Waals surface area contributed by atoms with Crippen LogP contribution in [0.25, 0.3) is 0 Å². The van der Waals surface area contributed by atoms with Crippen LogP contribution in [0.2, 0.25) is 0 Å². The highest BCUT2D eigenvalue weighted by atomic mass is 35.5. The van der Waals surface area contributed by atoms with Gasteiger partial charge in [-0.05, 0) is 38.1 Å².